The summed E-state index contributed by atoms with van der Waals surface area (Å²) in [6.07, 6.45) is -4.67. The molecule has 0 bridgehead atoms. The van der Waals surface area contributed by atoms with Gasteiger partial charge < -0.3 is 4.74 Å². The minimum absolute atomic E-state index is 0.221. The number of hydrogen-bond acceptors (Lipinski definition) is 1. The van der Waals surface area contributed by atoms with Crippen molar-refractivity contribution in [3.05, 3.63) is 76.4 Å². The molecule has 0 N–H and O–H groups in total. The number of alkyl halides is 3. The van der Waals surface area contributed by atoms with Crippen LogP contribution in [0, 0.1) is 3.57 Å². The Morgan fingerprint density at radius 3 is 1.29 bits per heavy atom. The highest BCUT2D eigenvalue weighted by Gasteiger charge is 2.30. The molecule has 122 valence electrons. The molecule has 0 aliphatic rings. The van der Waals surface area contributed by atoms with Crippen molar-refractivity contribution in [2.45, 2.75) is 6.36 Å². The van der Waals surface area contributed by atoms with Gasteiger partial charge in [0.2, 0.25) is 0 Å². The van der Waals surface area contributed by atoms with Crippen molar-refractivity contribution in [2.75, 3.05) is 0 Å². The molecule has 0 amide bonds. The van der Waals surface area contributed by atoms with Crippen LogP contribution in [0.1, 0.15) is 0 Å². The quantitative estimate of drug-likeness (QED) is 0.422. The number of hydrogen-bond donors (Lipinski definition) is 0. The molecule has 1 nitrogen and oxygen atoms in total. The molecule has 0 fully saturated rings. The molecule has 3 aromatic carbocycles. The molecule has 0 saturated carbocycles. The third kappa shape index (κ3) is 4.29. The summed E-state index contributed by atoms with van der Waals surface area (Å²) >= 11 is 2.26. The van der Waals surface area contributed by atoms with E-state index in [1.54, 1.807) is 12.1 Å². The molecular formula is C19H12F3IO. The highest BCUT2D eigenvalue weighted by molar-refractivity contribution is 14.1. The lowest BCUT2D eigenvalue weighted by molar-refractivity contribution is -0.274. The van der Waals surface area contributed by atoms with Gasteiger partial charge >= 0.3 is 6.36 Å². The van der Waals surface area contributed by atoms with Gasteiger partial charge in [-0.3, -0.25) is 0 Å². The second-order valence-corrected chi connectivity index (χ2v) is 6.40. The largest absolute Gasteiger partial charge is 0.573 e. The van der Waals surface area contributed by atoms with Crippen LogP contribution in [0.5, 0.6) is 5.75 Å². The Hall–Kier alpha value is -2.02. The Morgan fingerprint density at radius 1 is 0.583 bits per heavy atom. The van der Waals surface area contributed by atoms with E-state index < -0.39 is 6.36 Å². The lowest BCUT2D eigenvalue weighted by Crippen LogP contribution is -2.16. The van der Waals surface area contributed by atoms with Crippen LogP contribution in [0.3, 0.4) is 0 Å². The molecule has 24 heavy (non-hydrogen) atoms. The van der Waals surface area contributed by atoms with E-state index in [0.717, 1.165) is 22.3 Å². The molecule has 0 unspecified atom stereocenters. The average Bonchev–Trinajstić information content (AvgIpc) is 2.55. The molecule has 0 heterocycles. The highest BCUT2D eigenvalue weighted by Crippen LogP contribution is 2.28. The molecule has 3 aromatic rings. The SMILES string of the molecule is FC(F)(F)Oc1ccc(-c2ccc(-c3ccc(I)cc3)cc2)cc1. The number of halogens is 4. The second-order valence-electron chi connectivity index (χ2n) is 5.16. The fraction of sp³-hybridized carbons (Fsp3) is 0.0526. The van der Waals surface area contributed by atoms with Crippen LogP contribution in [0.4, 0.5) is 13.2 Å². The van der Waals surface area contributed by atoms with Gasteiger partial charge in [-0.25, -0.2) is 0 Å². The fourth-order valence-corrected chi connectivity index (χ4v) is 2.71. The van der Waals surface area contributed by atoms with E-state index in [1.807, 2.05) is 36.4 Å². The summed E-state index contributed by atoms with van der Waals surface area (Å²) in [5, 5.41) is 0. The van der Waals surface area contributed by atoms with Crippen molar-refractivity contribution in [1.82, 2.24) is 0 Å². The molecule has 0 atom stereocenters. The summed E-state index contributed by atoms with van der Waals surface area (Å²) in [4.78, 5) is 0. The minimum Gasteiger partial charge on any atom is -0.406 e. The van der Waals surface area contributed by atoms with Crippen molar-refractivity contribution in [3.8, 4) is 28.0 Å². The Morgan fingerprint density at radius 2 is 0.917 bits per heavy atom. The van der Waals surface area contributed by atoms with Crippen LogP contribution in [0.25, 0.3) is 22.3 Å². The van der Waals surface area contributed by atoms with E-state index in [4.69, 9.17) is 0 Å². The zero-order valence-electron chi connectivity index (χ0n) is 12.3. The first-order chi connectivity index (χ1) is 11.4. The van der Waals surface area contributed by atoms with Gasteiger partial charge in [-0.05, 0) is 69.1 Å². The Bertz CT molecular complexity index is 807. The van der Waals surface area contributed by atoms with Crippen molar-refractivity contribution in [1.29, 1.82) is 0 Å². The summed E-state index contributed by atoms with van der Waals surface area (Å²) in [6, 6.07) is 22.0. The van der Waals surface area contributed by atoms with E-state index in [0.29, 0.717) is 0 Å². The molecule has 0 radical (unpaired) electrons. The van der Waals surface area contributed by atoms with E-state index >= 15 is 0 Å². The summed E-state index contributed by atoms with van der Waals surface area (Å²) in [7, 11) is 0. The third-order valence-electron chi connectivity index (χ3n) is 3.48. The molecule has 0 spiro atoms. The highest BCUT2D eigenvalue weighted by atomic mass is 127. The minimum atomic E-state index is -4.67. The van der Waals surface area contributed by atoms with Crippen LogP contribution in [-0.2, 0) is 0 Å². The van der Waals surface area contributed by atoms with Gasteiger partial charge in [0.15, 0.2) is 0 Å². The maximum atomic E-state index is 12.2. The van der Waals surface area contributed by atoms with Gasteiger partial charge in [-0.1, -0.05) is 48.5 Å². The molecule has 0 aliphatic heterocycles. The zero-order chi connectivity index (χ0) is 17.2. The first-order valence-electron chi connectivity index (χ1n) is 7.13. The van der Waals surface area contributed by atoms with Gasteiger partial charge in [0.25, 0.3) is 0 Å². The molecule has 0 aliphatic carbocycles. The maximum Gasteiger partial charge on any atom is 0.573 e. The van der Waals surface area contributed by atoms with Gasteiger partial charge in [-0.15, -0.1) is 13.2 Å². The summed E-state index contributed by atoms with van der Waals surface area (Å²) in [5.41, 5.74) is 3.98. The first-order valence-corrected chi connectivity index (χ1v) is 8.21. The monoisotopic (exact) mass is 440 g/mol. The third-order valence-corrected chi connectivity index (χ3v) is 4.20. The number of ether oxygens (including phenoxy) is 1. The van der Waals surface area contributed by atoms with Crippen molar-refractivity contribution in [2.24, 2.45) is 0 Å². The number of benzene rings is 3. The van der Waals surface area contributed by atoms with Crippen LogP contribution in [0.15, 0.2) is 72.8 Å². The van der Waals surface area contributed by atoms with E-state index in [2.05, 4.69) is 39.5 Å². The molecule has 5 heteroatoms. The molecule has 0 saturated heterocycles. The lowest BCUT2D eigenvalue weighted by Gasteiger charge is -2.09. The van der Waals surface area contributed by atoms with Gasteiger partial charge in [0.05, 0.1) is 0 Å². The van der Waals surface area contributed by atoms with Gasteiger partial charge in [0.1, 0.15) is 5.75 Å². The molecule has 3 rings (SSSR count). The Kier molecular flexibility index (Phi) is 4.80. The maximum absolute atomic E-state index is 12.2. The van der Waals surface area contributed by atoms with Crippen LogP contribution in [-0.4, -0.2) is 6.36 Å². The van der Waals surface area contributed by atoms with Crippen LogP contribution < -0.4 is 4.74 Å². The second kappa shape index (κ2) is 6.84. The Labute approximate surface area is 151 Å². The normalized spacial score (nSPS) is 11.3. The van der Waals surface area contributed by atoms with E-state index in [-0.39, 0.29) is 5.75 Å². The predicted octanol–water partition coefficient (Wildman–Crippen LogP) is 6.52. The summed E-state index contributed by atoms with van der Waals surface area (Å²) in [6.45, 7) is 0. The molecular weight excluding hydrogens is 428 g/mol. The standard InChI is InChI=1S/C19H12F3IO/c20-19(21,22)24-18-11-7-16(8-12-18)14-3-1-13(2-4-14)15-5-9-17(23)10-6-15/h1-12H. The molecule has 0 aromatic heterocycles. The smallest absolute Gasteiger partial charge is 0.406 e. The topological polar surface area (TPSA) is 9.23 Å². The zero-order valence-corrected chi connectivity index (χ0v) is 14.5. The van der Waals surface area contributed by atoms with Crippen LogP contribution >= 0.6 is 22.6 Å². The lowest BCUT2D eigenvalue weighted by atomic mass is 10.0. The van der Waals surface area contributed by atoms with E-state index in [9.17, 15) is 13.2 Å². The van der Waals surface area contributed by atoms with Crippen molar-refractivity contribution < 1.29 is 17.9 Å². The van der Waals surface area contributed by atoms with Crippen molar-refractivity contribution >= 4 is 22.6 Å². The van der Waals surface area contributed by atoms with E-state index in [1.165, 1.54) is 15.7 Å². The summed E-state index contributed by atoms with van der Waals surface area (Å²) in [5.74, 6) is -0.221. The first kappa shape index (κ1) is 16.8. The van der Waals surface area contributed by atoms with Crippen molar-refractivity contribution in [3.63, 3.8) is 0 Å². The Balaban J connectivity index is 1.79. The number of rotatable bonds is 3. The summed E-state index contributed by atoms with van der Waals surface area (Å²) < 4.78 is 41.6. The fourth-order valence-electron chi connectivity index (χ4n) is 2.35. The predicted molar refractivity (Wildman–Crippen MR) is 96.7 cm³/mol. The van der Waals surface area contributed by atoms with Gasteiger partial charge in [0, 0.05) is 3.57 Å². The van der Waals surface area contributed by atoms with Crippen LogP contribution in [0.2, 0.25) is 0 Å². The average molecular weight is 440 g/mol. The van der Waals surface area contributed by atoms with Gasteiger partial charge in [-0.2, -0.15) is 0 Å².